The van der Waals surface area contributed by atoms with Gasteiger partial charge < -0.3 is 15.2 Å². The Bertz CT molecular complexity index is 819. The molecule has 128 valence electrons. The molecule has 2 aliphatic rings. The van der Waals surface area contributed by atoms with Gasteiger partial charge in [0.15, 0.2) is 0 Å². The van der Waals surface area contributed by atoms with Crippen molar-refractivity contribution in [1.29, 1.82) is 0 Å². The van der Waals surface area contributed by atoms with Gasteiger partial charge in [-0.3, -0.25) is 4.79 Å². The molecule has 4 nitrogen and oxygen atoms in total. The molecule has 1 amide bonds. The van der Waals surface area contributed by atoms with Crippen LogP contribution >= 0.6 is 11.3 Å². The molecule has 0 unspecified atom stereocenters. The number of ether oxygens (including phenoxy) is 1. The SMILES string of the molecule is O=C(N[C@@H](c1cccs1)C1CC(O)C1)C1=Cc2ccccc2OC=C1. The van der Waals surface area contributed by atoms with Crippen molar-refractivity contribution in [3.05, 3.63) is 70.1 Å². The van der Waals surface area contributed by atoms with Gasteiger partial charge in [-0.1, -0.05) is 24.3 Å². The Morgan fingerprint density at radius 1 is 1.24 bits per heavy atom. The Morgan fingerprint density at radius 3 is 2.84 bits per heavy atom. The lowest BCUT2D eigenvalue weighted by Gasteiger charge is -2.37. The minimum atomic E-state index is -0.248. The largest absolute Gasteiger partial charge is 0.464 e. The highest BCUT2D eigenvalue weighted by Gasteiger charge is 2.36. The molecule has 1 atom stereocenters. The van der Waals surface area contributed by atoms with Crippen LogP contribution in [0.15, 0.2) is 59.7 Å². The summed E-state index contributed by atoms with van der Waals surface area (Å²) >= 11 is 1.63. The molecule has 1 aromatic heterocycles. The average molecular weight is 353 g/mol. The third kappa shape index (κ3) is 3.38. The number of para-hydroxylation sites is 1. The number of rotatable bonds is 4. The first-order valence-electron chi connectivity index (χ1n) is 8.37. The van der Waals surface area contributed by atoms with E-state index in [-0.39, 0.29) is 24.0 Å². The highest BCUT2D eigenvalue weighted by atomic mass is 32.1. The molecule has 0 spiro atoms. The van der Waals surface area contributed by atoms with Crippen LogP contribution in [0.25, 0.3) is 6.08 Å². The molecule has 0 saturated heterocycles. The zero-order chi connectivity index (χ0) is 17.2. The molecule has 5 heteroatoms. The second kappa shape index (κ2) is 6.86. The highest BCUT2D eigenvalue weighted by molar-refractivity contribution is 7.10. The summed E-state index contributed by atoms with van der Waals surface area (Å²) in [7, 11) is 0. The van der Waals surface area contributed by atoms with Crippen LogP contribution < -0.4 is 10.1 Å². The van der Waals surface area contributed by atoms with Crippen molar-refractivity contribution in [3.63, 3.8) is 0 Å². The molecule has 4 rings (SSSR count). The van der Waals surface area contributed by atoms with E-state index in [0.29, 0.717) is 5.57 Å². The molecular weight excluding hydrogens is 334 g/mol. The van der Waals surface area contributed by atoms with Crippen molar-refractivity contribution in [3.8, 4) is 5.75 Å². The minimum absolute atomic E-state index is 0.0652. The number of nitrogens with one attached hydrogen (secondary N) is 1. The number of benzene rings is 1. The maximum Gasteiger partial charge on any atom is 0.251 e. The van der Waals surface area contributed by atoms with Gasteiger partial charge in [-0.25, -0.2) is 0 Å². The first-order valence-corrected chi connectivity index (χ1v) is 9.25. The molecule has 1 fully saturated rings. The number of hydrogen-bond acceptors (Lipinski definition) is 4. The molecule has 1 aromatic carbocycles. The van der Waals surface area contributed by atoms with Gasteiger partial charge >= 0.3 is 0 Å². The van der Waals surface area contributed by atoms with E-state index in [0.717, 1.165) is 29.0 Å². The average Bonchev–Trinajstić information content (AvgIpc) is 3.03. The predicted octanol–water partition coefficient (Wildman–Crippen LogP) is 3.67. The summed E-state index contributed by atoms with van der Waals surface area (Å²) in [6.07, 6.45) is 6.28. The molecule has 0 bridgehead atoms. The van der Waals surface area contributed by atoms with Crippen molar-refractivity contribution in [2.24, 2.45) is 5.92 Å². The number of aliphatic hydroxyl groups is 1. The van der Waals surface area contributed by atoms with Gasteiger partial charge in [0, 0.05) is 16.0 Å². The lowest BCUT2D eigenvalue weighted by atomic mass is 9.76. The molecule has 1 aliphatic heterocycles. The zero-order valence-corrected chi connectivity index (χ0v) is 14.4. The van der Waals surface area contributed by atoms with Gasteiger partial charge in [-0.05, 0) is 48.4 Å². The Labute approximate surface area is 150 Å². The number of carbonyl (C=O) groups is 1. The molecular formula is C20H19NO3S. The molecule has 2 aromatic rings. The van der Waals surface area contributed by atoms with Crippen molar-refractivity contribution < 1.29 is 14.6 Å². The van der Waals surface area contributed by atoms with Crippen LogP contribution in [-0.4, -0.2) is 17.1 Å². The maximum atomic E-state index is 12.8. The van der Waals surface area contributed by atoms with Crippen LogP contribution in [0, 0.1) is 5.92 Å². The van der Waals surface area contributed by atoms with Gasteiger partial charge in [-0.2, -0.15) is 0 Å². The summed E-state index contributed by atoms with van der Waals surface area (Å²) in [6, 6.07) is 11.6. The fourth-order valence-electron chi connectivity index (χ4n) is 3.26. The van der Waals surface area contributed by atoms with Crippen LogP contribution in [0.5, 0.6) is 5.75 Å². The van der Waals surface area contributed by atoms with Crippen LogP contribution in [0.1, 0.15) is 29.3 Å². The summed E-state index contributed by atoms with van der Waals surface area (Å²) in [5.41, 5.74) is 1.44. The monoisotopic (exact) mass is 353 g/mol. The fourth-order valence-corrected chi connectivity index (χ4v) is 4.13. The summed E-state index contributed by atoms with van der Waals surface area (Å²) in [5.74, 6) is 0.881. The Balaban J connectivity index is 1.56. The molecule has 2 heterocycles. The van der Waals surface area contributed by atoms with E-state index in [9.17, 15) is 9.90 Å². The molecule has 1 aliphatic carbocycles. The lowest BCUT2D eigenvalue weighted by molar-refractivity contribution is -0.119. The molecule has 1 saturated carbocycles. The first-order chi connectivity index (χ1) is 12.2. The van der Waals surface area contributed by atoms with Crippen molar-refractivity contribution in [2.75, 3.05) is 0 Å². The van der Waals surface area contributed by atoms with Crippen molar-refractivity contribution in [2.45, 2.75) is 25.0 Å². The van der Waals surface area contributed by atoms with E-state index >= 15 is 0 Å². The van der Waals surface area contributed by atoms with E-state index in [1.165, 1.54) is 0 Å². The van der Waals surface area contributed by atoms with Gasteiger partial charge in [0.2, 0.25) is 0 Å². The summed E-state index contributed by atoms with van der Waals surface area (Å²) in [6.45, 7) is 0. The van der Waals surface area contributed by atoms with Crippen molar-refractivity contribution >= 4 is 23.3 Å². The van der Waals surface area contributed by atoms with E-state index < -0.39 is 0 Å². The normalized spacial score (nSPS) is 22.7. The second-order valence-corrected chi connectivity index (χ2v) is 7.39. The quantitative estimate of drug-likeness (QED) is 0.882. The van der Waals surface area contributed by atoms with Gasteiger partial charge in [0.25, 0.3) is 5.91 Å². The van der Waals surface area contributed by atoms with Gasteiger partial charge in [-0.15, -0.1) is 11.3 Å². The second-order valence-electron chi connectivity index (χ2n) is 6.41. The third-order valence-corrected chi connectivity index (χ3v) is 5.65. The van der Waals surface area contributed by atoms with Gasteiger partial charge in [0.05, 0.1) is 18.4 Å². The molecule has 2 N–H and O–H groups in total. The topological polar surface area (TPSA) is 58.6 Å². The summed E-state index contributed by atoms with van der Waals surface area (Å²) in [4.78, 5) is 14.0. The summed E-state index contributed by atoms with van der Waals surface area (Å²) < 4.78 is 5.56. The number of thiophene rings is 1. The van der Waals surface area contributed by atoms with Gasteiger partial charge in [0.1, 0.15) is 5.75 Å². The predicted molar refractivity (Wildman–Crippen MR) is 98.1 cm³/mol. The van der Waals surface area contributed by atoms with E-state index in [1.54, 1.807) is 23.7 Å². The fraction of sp³-hybridized carbons (Fsp3) is 0.250. The van der Waals surface area contributed by atoms with Crippen LogP contribution in [0.2, 0.25) is 0 Å². The maximum absolute atomic E-state index is 12.8. The first kappa shape index (κ1) is 16.1. The van der Waals surface area contributed by atoms with Crippen LogP contribution in [0.3, 0.4) is 0 Å². The smallest absolute Gasteiger partial charge is 0.251 e. The van der Waals surface area contributed by atoms with E-state index in [4.69, 9.17) is 4.74 Å². The third-order valence-electron chi connectivity index (χ3n) is 4.69. The zero-order valence-electron chi connectivity index (χ0n) is 13.6. The number of hydrogen-bond donors (Lipinski definition) is 2. The number of fused-ring (bicyclic) bond motifs is 1. The Kier molecular flexibility index (Phi) is 4.42. The molecule has 25 heavy (non-hydrogen) atoms. The number of carbonyl (C=O) groups excluding carboxylic acids is 1. The molecule has 0 radical (unpaired) electrons. The summed E-state index contributed by atoms with van der Waals surface area (Å²) in [5, 5.41) is 14.8. The van der Waals surface area contributed by atoms with E-state index in [2.05, 4.69) is 5.32 Å². The van der Waals surface area contributed by atoms with Crippen molar-refractivity contribution in [1.82, 2.24) is 5.32 Å². The Hall–Kier alpha value is -2.37. The Morgan fingerprint density at radius 2 is 2.08 bits per heavy atom. The van der Waals surface area contributed by atoms with E-state index in [1.807, 2.05) is 47.9 Å². The highest BCUT2D eigenvalue weighted by Crippen LogP contribution is 2.39. The number of aliphatic hydroxyl groups excluding tert-OH is 1. The van der Waals surface area contributed by atoms with Crippen LogP contribution in [0.4, 0.5) is 0 Å². The minimum Gasteiger partial charge on any atom is -0.464 e. The number of amides is 1. The van der Waals surface area contributed by atoms with Crippen LogP contribution in [-0.2, 0) is 4.79 Å². The lowest BCUT2D eigenvalue weighted by Crippen LogP contribution is -2.41. The standard InChI is InChI=1S/C20H19NO3S/c22-16-11-15(12-16)19(18-6-3-9-25-18)21-20(23)14-7-8-24-17-5-2-1-4-13(17)10-14/h1-10,15-16,19,22H,11-12H2,(H,21,23)/t15?,16?,19-/m1/s1.